The van der Waals surface area contributed by atoms with E-state index in [9.17, 15) is 9.90 Å². The largest absolute Gasteiger partial charge is 0.506 e. The molecule has 1 aromatic heterocycles. The van der Waals surface area contributed by atoms with Crippen molar-refractivity contribution >= 4 is 34.8 Å². The Labute approximate surface area is 161 Å². The minimum Gasteiger partial charge on any atom is -0.506 e. The number of amides is 1. The standard InChI is InChI=1S/C17H12Cl2N2O3.C2H6/c1-9-11(18)3-2-4-13(9)20-17(23)14-8-16(24-21-14)10-5-6-12(19)15(22)7-10;1-2/h2-8,22H,1H3,(H,20,23);1-2H3. The van der Waals surface area contributed by atoms with Crippen LogP contribution in [-0.4, -0.2) is 16.2 Å². The SMILES string of the molecule is CC.Cc1c(Cl)cccc1NC(=O)c1cc(-c2ccc(Cl)c(O)c2)on1. The summed E-state index contributed by atoms with van der Waals surface area (Å²) < 4.78 is 5.17. The van der Waals surface area contributed by atoms with Crippen molar-refractivity contribution in [2.24, 2.45) is 0 Å². The van der Waals surface area contributed by atoms with Gasteiger partial charge in [-0.15, -0.1) is 0 Å². The second-order valence-corrected chi connectivity index (χ2v) is 5.92. The lowest BCUT2D eigenvalue weighted by atomic mass is 10.1. The number of carbonyl (C=O) groups is 1. The van der Waals surface area contributed by atoms with E-state index in [-0.39, 0.29) is 16.5 Å². The van der Waals surface area contributed by atoms with Gasteiger partial charge in [0, 0.05) is 22.3 Å². The van der Waals surface area contributed by atoms with Crippen LogP contribution in [0.4, 0.5) is 5.69 Å². The summed E-state index contributed by atoms with van der Waals surface area (Å²) in [7, 11) is 0. The Morgan fingerprint density at radius 2 is 1.85 bits per heavy atom. The van der Waals surface area contributed by atoms with Gasteiger partial charge in [0.05, 0.1) is 5.02 Å². The molecular formula is C19H18Cl2N2O3. The summed E-state index contributed by atoms with van der Waals surface area (Å²) >= 11 is 11.8. The average molecular weight is 393 g/mol. The number of phenols is 1. The summed E-state index contributed by atoms with van der Waals surface area (Å²) in [5.41, 5.74) is 2.03. The molecule has 0 bridgehead atoms. The number of aromatic hydroxyl groups is 1. The van der Waals surface area contributed by atoms with Crippen molar-refractivity contribution in [2.45, 2.75) is 20.8 Å². The lowest BCUT2D eigenvalue weighted by Gasteiger charge is -2.07. The van der Waals surface area contributed by atoms with Gasteiger partial charge in [-0.3, -0.25) is 4.79 Å². The predicted molar refractivity (Wildman–Crippen MR) is 104 cm³/mol. The van der Waals surface area contributed by atoms with Crippen molar-refractivity contribution in [3.63, 3.8) is 0 Å². The number of phenolic OH excluding ortho intramolecular Hbond substituents is 1. The van der Waals surface area contributed by atoms with Gasteiger partial charge in [-0.25, -0.2) is 0 Å². The normalized spacial score (nSPS) is 10.0. The molecule has 0 fully saturated rings. The van der Waals surface area contributed by atoms with Crippen LogP contribution in [0.1, 0.15) is 29.9 Å². The molecule has 2 aromatic carbocycles. The molecule has 0 aliphatic carbocycles. The lowest BCUT2D eigenvalue weighted by molar-refractivity contribution is 0.101. The van der Waals surface area contributed by atoms with E-state index in [2.05, 4.69) is 10.5 Å². The molecule has 0 aliphatic heterocycles. The third kappa shape index (κ3) is 4.36. The maximum atomic E-state index is 12.3. The Morgan fingerprint density at radius 3 is 2.54 bits per heavy atom. The fourth-order valence-electron chi connectivity index (χ4n) is 2.11. The van der Waals surface area contributed by atoms with Crippen LogP contribution in [0.5, 0.6) is 5.75 Å². The van der Waals surface area contributed by atoms with Crippen molar-refractivity contribution in [3.8, 4) is 17.1 Å². The van der Waals surface area contributed by atoms with Crippen LogP contribution in [0.15, 0.2) is 47.0 Å². The monoisotopic (exact) mass is 392 g/mol. The zero-order valence-corrected chi connectivity index (χ0v) is 16.0. The van der Waals surface area contributed by atoms with Crippen molar-refractivity contribution in [1.29, 1.82) is 0 Å². The summed E-state index contributed by atoms with van der Waals surface area (Å²) in [5.74, 6) is -0.158. The van der Waals surface area contributed by atoms with Gasteiger partial charge in [0.2, 0.25) is 0 Å². The Hall–Kier alpha value is -2.50. The van der Waals surface area contributed by atoms with Crippen LogP contribution >= 0.6 is 23.2 Å². The van der Waals surface area contributed by atoms with Crippen molar-refractivity contribution in [3.05, 3.63) is 63.8 Å². The number of hydrogen-bond donors (Lipinski definition) is 2. The van der Waals surface area contributed by atoms with E-state index >= 15 is 0 Å². The quantitative estimate of drug-likeness (QED) is 0.577. The summed E-state index contributed by atoms with van der Waals surface area (Å²) in [6, 6.07) is 11.3. The van der Waals surface area contributed by atoms with Crippen LogP contribution in [0.2, 0.25) is 10.0 Å². The second kappa shape index (κ2) is 8.74. The number of hydrogen-bond acceptors (Lipinski definition) is 4. The maximum Gasteiger partial charge on any atom is 0.277 e. The van der Waals surface area contributed by atoms with E-state index < -0.39 is 5.91 Å². The van der Waals surface area contributed by atoms with Gasteiger partial charge in [0.15, 0.2) is 11.5 Å². The molecule has 7 heteroatoms. The highest BCUT2D eigenvalue weighted by atomic mass is 35.5. The van der Waals surface area contributed by atoms with Crippen LogP contribution in [0, 0.1) is 6.92 Å². The maximum absolute atomic E-state index is 12.3. The molecule has 0 spiro atoms. The van der Waals surface area contributed by atoms with E-state index in [0.717, 1.165) is 5.56 Å². The number of aromatic nitrogens is 1. The molecule has 0 aliphatic rings. The minimum absolute atomic E-state index is 0.0777. The smallest absolute Gasteiger partial charge is 0.277 e. The lowest BCUT2D eigenvalue weighted by Crippen LogP contribution is -2.13. The van der Waals surface area contributed by atoms with E-state index in [0.29, 0.717) is 22.0 Å². The van der Waals surface area contributed by atoms with Crippen molar-refractivity contribution in [1.82, 2.24) is 5.16 Å². The number of carbonyl (C=O) groups excluding carboxylic acids is 1. The molecule has 3 rings (SSSR count). The molecule has 2 N–H and O–H groups in total. The summed E-state index contributed by atoms with van der Waals surface area (Å²) in [6.07, 6.45) is 0. The molecule has 136 valence electrons. The van der Waals surface area contributed by atoms with Gasteiger partial charge in [0.1, 0.15) is 5.75 Å². The molecule has 0 unspecified atom stereocenters. The van der Waals surface area contributed by atoms with Gasteiger partial charge in [-0.2, -0.15) is 0 Å². The number of nitrogens with zero attached hydrogens (tertiary/aromatic N) is 1. The number of halogens is 2. The third-order valence-electron chi connectivity index (χ3n) is 3.49. The van der Waals surface area contributed by atoms with Crippen LogP contribution in [0.25, 0.3) is 11.3 Å². The topological polar surface area (TPSA) is 75.4 Å². The van der Waals surface area contributed by atoms with E-state index in [1.54, 1.807) is 24.3 Å². The molecule has 1 amide bonds. The van der Waals surface area contributed by atoms with E-state index in [4.69, 9.17) is 27.7 Å². The van der Waals surface area contributed by atoms with Gasteiger partial charge >= 0.3 is 0 Å². The van der Waals surface area contributed by atoms with Gasteiger partial charge in [0.25, 0.3) is 5.91 Å². The first-order valence-corrected chi connectivity index (χ1v) is 8.73. The Kier molecular flexibility index (Phi) is 6.66. The first-order chi connectivity index (χ1) is 12.5. The fourth-order valence-corrected chi connectivity index (χ4v) is 2.41. The predicted octanol–water partition coefficient (Wildman–Crippen LogP) is 5.94. The molecule has 3 aromatic rings. The average Bonchev–Trinajstić information content (AvgIpc) is 3.13. The van der Waals surface area contributed by atoms with Crippen molar-refractivity contribution < 1.29 is 14.4 Å². The van der Waals surface area contributed by atoms with Gasteiger partial charge < -0.3 is 14.9 Å². The summed E-state index contributed by atoms with van der Waals surface area (Å²) in [4.78, 5) is 12.3. The van der Waals surface area contributed by atoms with Crippen LogP contribution < -0.4 is 5.32 Å². The summed E-state index contributed by atoms with van der Waals surface area (Å²) in [5, 5.41) is 16.9. The minimum atomic E-state index is -0.423. The van der Waals surface area contributed by atoms with Crippen LogP contribution in [0.3, 0.4) is 0 Å². The number of anilines is 1. The van der Waals surface area contributed by atoms with E-state index in [1.165, 1.54) is 18.2 Å². The fraction of sp³-hybridized carbons (Fsp3) is 0.158. The highest BCUT2D eigenvalue weighted by Crippen LogP contribution is 2.30. The molecule has 26 heavy (non-hydrogen) atoms. The molecule has 5 nitrogen and oxygen atoms in total. The Bertz CT molecular complexity index is 923. The molecule has 0 saturated carbocycles. The third-order valence-corrected chi connectivity index (χ3v) is 4.22. The first-order valence-electron chi connectivity index (χ1n) is 7.98. The van der Waals surface area contributed by atoms with Crippen molar-refractivity contribution in [2.75, 3.05) is 5.32 Å². The number of nitrogens with one attached hydrogen (secondary N) is 1. The number of rotatable bonds is 3. The van der Waals surface area contributed by atoms with Gasteiger partial charge in [-0.1, -0.05) is 48.3 Å². The zero-order chi connectivity index (χ0) is 19.3. The molecular weight excluding hydrogens is 375 g/mol. The number of benzene rings is 2. The molecule has 0 radical (unpaired) electrons. The summed E-state index contributed by atoms with van der Waals surface area (Å²) in [6.45, 7) is 5.81. The Morgan fingerprint density at radius 1 is 1.12 bits per heavy atom. The highest BCUT2D eigenvalue weighted by molar-refractivity contribution is 6.32. The van der Waals surface area contributed by atoms with E-state index in [1.807, 2.05) is 20.8 Å². The van der Waals surface area contributed by atoms with Gasteiger partial charge in [-0.05, 0) is 42.8 Å². The molecule has 0 atom stereocenters. The Balaban J connectivity index is 0.00000117. The second-order valence-electron chi connectivity index (χ2n) is 5.11. The highest BCUT2D eigenvalue weighted by Gasteiger charge is 2.16. The zero-order valence-electron chi connectivity index (χ0n) is 14.5. The molecule has 0 saturated heterocycles. The first kappa shape index (κ1) is 19.8. The molecule has 1 heterocycles. The van der Waals surface area contributed by atoms with Crippen LogP contribution in [-0.2, 0) is 0 Å².